The monoisotopic (exact) mass is 233 g/mol. The van der Waals surface area contributed by atoms with Gasteiger partial charge in [-0.05, 0) is 43.7 Å². The maximum absolute atomic E-state index is 12.8. The molecular weight excluding hydrogens is 217 g/mol. The highest BCUT2D eigenvalue weighted by Gasteiger charge is 2.14. The Bertz CT molecular complexity index is 494. The van der Waals surface area contributed by atoms with Gasteiger partial charge in [-0.1, -0.05) is 0 Å². The molecule has 0 aliphatic rings. The van der Waals surface area contributed by atoms with Crippen LogP contribution in [0.2, 0.25) is 0 Å². The predicted molar refractivity (Wildman–Crippen MR) is 66.0 cm³/mol. The molecule has 0 unspecified atom stereocenters. The zero-order valence-corrected chi connectivity index (χ0v) is 10.00. The van der Waals surface area contributed by atoms with Crippen LogP contribution in [0.25, 0.3) is 11.3 Å². The minimum absolute atomic E-state index is 0.239. The summed E-state index contributed by atoms with van der Waals surface area (Å²) < 4.78 is 12.8. The van der Waals surface area contributed by atoms with E-state index in [1.165, 1.54) is 12.1 Å². The minimum Gasteiger partial charge on any atom is -0.342 e. The molecular formula is C13H16FN3. The van der Waals surface area contributed by atoms with E-state index in [4.69, 9.17) is 5.73 Å². The first-order valence-corrected chi connectivity index (χ1v) is 5.53. The van der Waals surface area contributed by atoms with Crippen molar-refractivity contribution >= 4 is 0 Å². The first-order chi connectivity index (χ1) is 7.94. The van der Waals surface area contributed by atoms with Gasteiger partial charge in [-0.25, -0.2) is 9.37 Å². The van der Waals surface area contributed by atoms with Gasteiger partial charge >= 0.3 is 0 Å². The summed E-state index contributed by atoms with van der Waals surface area (Å²) in [6.07, 6.45) is 2.42. The molecule has 0 saturated heterocycles. The summed E-state index contributed by atoms with van der Waals surface area (Å²) in [5, 5.41) is 0. The number of nitrogens with one attached hydrogen (secondary N) is 1. The summed E-state index contributed by atoms with van der Waals surface area (Å²) in [7, 11) is 0. The van der Waals surface area contributed by atoms with Crippen molar-refractivity contribution in [2.45, 2.75) is 25.8 Å². The molecule has 0 amide bonds. The van der Waals surface area contributed by atoms with Gasteiger partial charge in [0.2, 0.25) is 0 Å². The van der Waals surface area contributed by atoms with E-state index >= 15 is 0 Å². The zero-order valence-electron chi connectivity index (χ0n) is 10.00. The summed E-state index contributed by atoms with van der Waals surface area (Å²) >= 11 is 0. The van der Waals surface area contributed by atoms with Crippen molar-refractivity contribution in [3.63, 3.8) is 0 Å². The molecule has 1 heterocycles. The molecule has 0 aliphatic carbocycles. The molecule has 1 aromatic heterocycles. The number of hydrogen-bond donors (Lipinski definition) is 2. The van der Waals surface area contributed by atoms with E-state index in [1.54, 1.807) is 18.3 Å². The molecule has 4 heteroatoms. The lowest BCUT2D eigenvalue weighted by molar-refractivity contribution is 0.505. The average Bonchev–Trinajstić information content (AvgIpc) is 2.64. The normalized spacial score (nSPS) is 11.8. The number of benzene rings is 1. The number of aromatic nitrogens is 2. The van der Waals surface area contributed by atoms with Gasteiger partial charge in [0.1, 0.15) is 11.6 Å². The average molecular weight is 233 g/mol. The fourth-order valence-corrected chi connectivity index (χ4v) is 1.66. The van der Waals surface area contributed by atoms with Crippen molar-refractivity contribution in [3.05, 3.63) is 42.1 Å². The molecule has 0 fully saturated rings. The van der Waals surface area contributed by atoms with Crippen LogP contribution in [0.1, 0.15) is 19.7 Å². The van der Waals surface area contributed by atoms with Crippen LogP contribution in [0, 0.1) is 5.82 Å². The second-order valence-corrected chi connectivity index (χ2v) is 4.92. The van der Waals surface area contributed by atoms with Crippen molar-refractivity contribution < 1.29 is 4.39 Å². The van der Waals surface area contributed by atoms with Crippen molar-refractivity contribution in [1.29, 1.82) is 0 Å². The Hall–Kier alpha value is -1.68. The molecule has 0 atom stereocenters. The van der Waals surface area contributed by atoms with Crippen LogP contribution >= 0.6 is 0 Å². The van der Waals surface area contributed by atoms with Gasteiger partial charge in [-0.2, -0.15) is 0 Å². The van der Waals surface area contributed by atoms with Gasteiger partial charge in [0.05, 0.1) is 11.9 Å². The largest absolute Gasteiger partial charge is 0.342 e. The van der Waals surface area contributed by atoms with Crippen molar-refractivity contribution in [2.24, 2.45) is 5.73 Å². The molecule has 2 rings (SSSR count). The molecule has 0 bridgehead atoms. The molecule has 90 valence electrons. The van der Waals surface area contributed by atoms with Crippen molar-refractivity contribution in [3.8, 4) is 11.3 Å². The molecule has 0 radical (unpaired) electrons. The van der Waals surface area contributed by atoms with Gasteiger partial charge in [-0.3, -0.25) is 0 Å². The van der Waals surface area contributed by atoms with E-state index in [0.717, 1.165) is 17.1 Å². The quantitative estimate of drug-likeness (QED) is 0.855. The predicted octanol–water partition coefficient (Wildman–Crippen LogP) is 2.50. The highest BCUT2D eigenvalue weighted by atomic mass is 19.1. The lowest BCUT2D eigenvalue weighted by atomic mass is 10.0. The summed E-state index contributed by atoms with van der Waals surface area (Å²) in [6.45, 7) is 3.90. The Labute approximate surface area is 99.9 Å². The lowest BCUT2D eigenvalue weighted by Crippen LogP contribution is -2.34. The molecule has 0 aliphatic heterocycles. The first kappa shape index (κ1) is 11.8. The second-order valence-electron chi connectivity index (χ2n) is 4.92. The summed E-state index contributed by atoms with van der Waals surface area (Å²) in [5.41, 5.74) is 7.43. The summed E-state index contributed by atoms with van der Waals surface area (Å²) in [5.74, 6) is 0.605. The van der Waals surface area contributed by atoms with Gasteiger partial charge in [-0.15, -0.1) is 0 Å². The topological polar surface area (TPSA) is 54.7 Å². The van der Waals surface area contributed by atoms with Crippen LogP contribution in [0.4, 0.5) is 4.39 Å². The van der Waals surface area contributed by atoms with Crippen LogP contribution in [-0.4, -0.2) is 15.5 Å². The SMILES string of the molecule is CC(C)(N)Cc1ncc(-c2ccc(F)cc2)[nH]1. The van der Waals surface area contributed by atoms with E-state index in [-0.39, 0.29) is 11.4 Å². The molecule has 2 aromatic rings. The number of halogens is 1. The molecule has 17 heavy (non-hydrogen) atoms. The van der Waals surface area contributed by atoms with E-state index in [0.29, 0.717) is 6.42 Å². The number of nitrogens with zero attached hydrogens (tertiary/aromatic N) is 1. The second kappa shape index (κ2) is 4.30. The Morgan fingerprint density at radius 3 is 2.53 bits per heavy atom. The highest BCUT2D eigenvalue weighted by Crippen LogP contribution is 2.18. The fourth-order valence-electron chi connectivity index (χ4n) is 1.66. The van der Waals surface area contributed by atoms with Gasteiger partial charge in [0, 0.05) is 12.0 Å². The van der Waals surface area contributed by atoms with Crippen LogP contribution in [0.5, 0.6) is 0 Å². The Morgan fingerprint density at radius 1 is 1.29 bits per heavy atom. The fraction of sp³-hybridized carbons (Fsp3) is 0.308. The highest BCUT2D eigenvalue weighted by molar-refractivity contribution is 5.58. The molecule has 0 spiro atoms. The van der Waals surface area contributed by atoms with Crippen LogP contribution in [0.15, 0.2) is 30.5 Å². The first-order valence-electron chi connectivity index (χ1n) is 5.53. The van der Waals surface area contributed by atoms with E-state index in [1.807, 2.05) is 13.8 Å². The maximum atomic E-state index is 12.8. The third kappa shape index (κ3) is 3.14. The molecule has 0 saturated carbocycles. The summed E-state index contributed by atoms with van der Waals surface area (Å²) in [4.78, 5) is 7.46. The maximum Gasteiger partial charge on any atom is 0.123 e. The molecule has 3 N–H and O–H groups in total. The van der Waals surface area contributed by atoms with Gasteiger partial charge in [0.25, 0.3) is 0 Å². The number of nitrogens with two attached hydrogens (primary N) is 1. The van der Waals surface area contributed by atoms with Crippen molar-refractivity contribution in [2.75, 3.05) is 0 Å². The minimum atomic E-state index is -0.294. The number of hydrogen-bond acceptors (Lipinski definition) is 2. The van der Waals surface area contributed by atoms with Crippen LogP contribution in [0.3, 0.4) is 0 Å². The van der Waals surface area contributed by atoms with Gasteiger partial charge < -0.3 is 10.7 Å². The van der Waals surface area contributed by atoms with E-state index in [2.05, 4.69) is 9.97 Å². The van der Waals surface area contributed by atoms with Crippen LogP contribution < -0.4 is 5.73 Å². The van der Waals surface area contributed by atoms with Gasteiger partial charge in [0.15, 0.2) is 0 Å². The van der Waals surface area contributed by atoms with E-state index in [9.17, 15) is 4.39 Å². The standard InChI is InChI=1S/C13H16FN3/c1-13(2,15)7-12-16-8-11(17-12)9-3-5-10(14)6-4-9/h3-6,8H,7,15H2,1-2H3,(H,16,17). The Balaban J connectivity index is 2.21. The zero-order chi connectivity index (χ0) is 12.5. The Morgan fingerprint density at radius 2 is 1.94 bits per heavy atom. The third-order valence-electron chi connectivity index (χ3n) is 2.41. The lowest BCUT2D eigenvalue weighted by Gasteiger charge is -2.15. The van der Waals surface area contributed by atoms with E-state index < -0.39 is 0 Å². The van der Waals surface area contributed by atoms with Crippen molar-refractivity contribution in [1.82, 2.24) is 9.97 Å². The number of H-pyrrole nitrogens is 1. The Kier molecular flexibility index (Phi) is 2.98. The third-order valence-corrected chi connectivity index (χ3v) is 2.41. The van der Waals surface area contributed by atoms with Crippen LogP contribution in [-0.2, 0) is 6.42 Å². The smallest absolute Gasteiger partial charge is 0.123 e. The summed E-state index contributed by atoms with van der Waals surface area (Å²) in [6, 6.07) is 6.31. The number of imidazole rings is 1. The number of aromatic amines is 1. The molecule has 1 aromatic carbocycles. The number of rotatable bonds is 3. The molecule has 3 nitrogen and oxygen atoms in total.